The number of carbonyl (C=O) groups is 5. The summed E-state index contributed by atoms with van der Waals surface area (Å²) >= 11 is 0. The first-order valence-corrected chi connectivity index (χ1v) is 24.4. The van der Waals surface area contributed by atoms with Gasteiger partial charge in [-0.3, -0.25) is 44.3 Å². The van der Waals surface area contributed by atoms with Crippen molar-refractivity contribution in [3.8, 4) is 11.5 Å². The Kier molecular flexibility index (Phi) is 14.3. The van der Waals surface area contributed by atoms with Crippen LogP contribution >= 0.6 is 0 Å². The molecule has 0 aromatic heterocycles. The van der Waals surface area contributed by atoms with Crippen LogP contribution in [-0.2, 0) is 31.1 Å². The number of rotatable bonds is 20. The van der Waals surface area contributed by atoms with Gasteiger partial charge in [-0.1, -0.05) is 42.5 Å². The molecule has 1 N–H and O–H groups in total. The van der Waals surface area contributed by atoms with Gasteiger partial charge in [0.25, 0.3) is 17.5 Å². The Labute approximate surface area is 401 Å². The number of unbranched alkanes of at least 4 members (excludes halogenated alkanes) is 3. The van der Waals surface area contributed by atoms with E-state index >= 15 is 0 Å². The molecule has 4 aliphatic heterocycles. The van der Waals surface area contributed by atoms with E-state index in [9.17, 15) is 34.1 Å². The third-order valence-corrected chi connectivity index (χ3v) is 14.3. The fraction of sp³-hybridized carbons (Fsp3) is 0.426. The maximum atomic E-state index is 14.1. The molecule has 360 valence electrons. The van der Waals surface area contributed by atoms with Crippen LogP contribution in [0.1, 0.15) is 121 Å². The van der Waals surface area contributed by atoms with E-state index in [2.05, 4.69) is 22.4 Å². The van der Waals surface area contributed by atoms with Crippen LogP contribution in [0.5, 0.6) is 11.5 Å². The fourth-order valence-electron chi connectivity index (χ4n) is 10.3. The summed E-state index contributed by atoms with van der Waals surface area (Å²) < 4.78 is 18.7. The summed E-state index contributed by atoms with van der Waals surface area (Å²) in [5.41, 5.74) is 3.84. The van der Waals surface area contributed by atoms with Crippen molar-refractivity contribution in [2.45, 2.75) is 120 Å². The molecule has 69 heavy (non-hydrogen) atoms. The molecule has 1 aliphatic carbocycles. The van der Waals surface area contributed by atoms with E-state index in [1.165, 1.54) is 12.1 Å². The molecule has 0 radical (unpaired) electrons. The lowest BCUT2D eigenvalue weighted by atomic mass is 9.79. The zero-order valence-electron chi connectivity index (χ0n) is 39.0. The number of para-hydroxylation sites is 1. The van der Waals surface area contributed by atoms with Crippen molar-refractivity contribution >= 4 is 47.0 Å². The minimum absolute atomic E-state index is 0.0708. The molecule has 2 saturated heterocycles. The number of nitro groups is 1. The number of hydrogen-bond acceptors (Lipinski definition) is 11. The van der Waals surface area contributed by atoms with Crippen LogP contribution in [0.4, 0.5) is 11.4 Å². The van der Waals surface area contributed by atoms with Crippen molar-refractivity contribution in [1.82, 2.24) is 15.1 Å². The van der Waals surface area contributed by atoms with Gasteiger partial charge in [0, 0.05) is 50.2 Å². The summed E-state index contributed by atoms with van der Waals surface area (Å²) in [6.07, 6.45) is 13.8. The summed E-state index contributed by atoms with van der Waals surface area (Å²) in [7, 11) is 0. The third-order valence-electron chi connectivity index (χ3n) is 14.3. The van der Waals surface area contributed by atoms with E-state index in [4.69, 9.17) is 14.2 Å². The van der Waals surface area contributed by atoms with Crippen LogP contribution in [-0.4, -0.2) is 94.9 Å². The first-order chi connectivity index (χ1) is 33.4. The second-order valence-corrected chi connectivity index (χ2v) is 19.1. The Morgan fingerprint density at radius 3 is 2.29 bits per heavy atom. The van der Waals surface area contributed by atoms with Crippen molar-refractivity contribution in [3.63, 3.8) is 0 Å². The van der Waals surface area contributed by atoms with Crippen molar-refractivity contribution in [2.24, 2.45) is 0 Å². The number of non-ortho nitro benzene ring substituents is 1. The largest absolute Gasteiger partial charge is 0.494 e. The van der Waals surface area contributed by atoms with Gasteiger partial charge in [0.05, 0.1) is 46.8 Å². The molecule has 4 aromatic rings. The number of amides is 5. The molecule has 1 saturated carbocycles. The first-order valence-electron chi connectivity index (χ1n) is 24.4. The van der Waals surface area contributed by atoms with Crippen LogP contribution in [0.3, 0.4) is 0 Å². The fourth-order valence-corrected chi connectivity index (χ4v) is 10.3. The molecular formula is C54H59N5O10. The van der Waals surface area contributed by atoms with E-state index < -0.39 is 40.0 Å². The number of benzene rings is 4. The average molecular weight is 938 g/mol. The van der Waals surface area contributed by atoms with E-state index in [-0.39, 0.29) is 53.9 Å². The normalized spacial score (nSPS) is 22.7. The van der Waals surface area contributed by atoms with E-state index in [1.807, 2.05) is 60.4 Å². The smallest absolute Gasteiger partial charge is 0.269 e. The third kappa shape index (κ3) is 10.6. The number of nitrogens with zero attached hydrogens (tertiary/aromatic N) is 4. The quantitative estimate of drug-likeness (QED) is 0.0390. The van der Waals surface area contributed by atoms with Gasteiger partial charge in [0.1, 0.15) is 23.6 Å². The lowest BCUT2D eigenvalue weighted by molar-refractivity contribution is -0.384. The Balaban J connectivity index is 0.639. The van der Waals surface area contributed by atoms with Crippen molar-refractivity contribution in [2.75, 3.05) is 31.1 Å². The summed E-state index contributed by atoms with van der Waals surface area (Å²) in [6, 6.07) is 26.5. The Morgan fingerprint density at radius 2 is 1.54 bits per heavy atom. The number of anilines is 1. The monoisotopic (exact) mass is 937 g/mol. The molecule has 3 fully saturated rings. The molecule has 0 bridgehead atoms. The molecule has 4 aromatic carbocycles. The van der Waals surface area contributed by atoms with Crippen LogP contribution in [0.25, 0.3) is 6.08 Å². The standard InChI is InChI=1S/C54H59N5O10/c1-54(27-7-2-4-10-36-13-17-38(18-14-36)59(65)66)46-11-5-6-12-47(46)57(53(54)64)35-37-15-19-39(20-16-37)68-42-32-43(33-42)69-40-25-29-56(30-26-40)28-8-3-9-31-67-41-21-22-44-45(34-41)52(63)58(51(44)62)48-23-24-49(60)55-50(48)61/h4-6,10-22,34,40,42-43,48H,2-3,7-9,23-33,35H2,1H3,(H,55,60,61)/b10-4+/t42-,43-,48?,54?. The van der Waals surface area contributed by atoms with Gasteiger partial charge in [-0.15, -0.1) is 0 Å². The maximum absolute atomic E-state index is 14.1. The molecule has 5 aliphatic rings. The number of carbonyl (C=O) groups excluding carboxylic acids is 5. The lowest BCUT2D eigenvalue weighted by Gasteiger charge is -2.40. The summed E-state index contributed by atoms with van der Waals surface area (Å²) in [4.78, 5) is 80.0. The number of piperidine rings is 2. The molecule has 2 unspecified atom stereocenters. The minimum Gasteiger partial charge on any atom is -0.494 e. The highest BCUT2D eigenvalue weighted by molar-refractivity contribution is 6.23. The van der Waals surface area contributed by atoms with Crippen LogP contribution in [0.2, 0.25) is 0 Å². The number of nitrogens with one attached hydrogen (secondary N) is 1. The second-order valence-electron chi connectivity index (χ2n) is 19.1. The predicted octanol–water partition coefficient (Wildman–Crippen LogP) is 8.32. The van der Waals surface area contributed by atoms with Gasteiger partial charge in [0.2, 0.25) is 17.7 Å². The van der Waals surface area contributed by atoms with Crippen LogP contribution in [0, 0.1) is 10.1 Å². The van der Waals surface area contributed by atoms with E-state index in [0.29, 0.717) is 25.3 Å². The van der Waals surface area contributed by atoms with Crippen molar-refractivity contribution in [3.05, 3.63) is 135 Å². The Bertz CT molecular complexity index is 2600. The molecule has 9 rings (SSSR count). The number of imide groups is 2. The number of likely N-dealkylation sites (tertiary alicyclic amines) is 1. The first kappa shape index (κ1) is 47.4. The maximum Gasteiger partial charge on any atom is 0.269 e. The number of nitro benzene ring substituents is 1. The highest BCUT2D eigenvalue weighted by Crippen LogP contribution is 2.45. The lowest BCUT2D eigenvalue weighted by Crippen LogP contribution is -2.54. The van der Waals surface area contributed by atoms with Crippen molar-refractivity contribution < 1.29 is 43.1 Å². The molecule has 15 nitrogen and oxygen atoms in total. The predicted molar refractivity (Wildman–Crippen MR) is 258 cm³/mol. The number of allylic oxidation sites excluding steroid dienone is 1. The van der Waals surface area contributed by atoms with Gasteiger partial charge in [-0.05, 0) is 136 Å². The Hall–Kier alpha value is -6.71. The topological polar surface area (TPSA) is 178 Å². The second kappa shape index (κ2) is 20.9. The zero-order valence-corrected chi connectivity index (χ0v) is 39.0. The summed E-state index contributed by atoms with van der Waals surface area (Å²) in [6.45, 7) is 6.05. The van der Waals surface area contributed by atoms with Crippen LogP contribution in [0.15, 0.2) is 97.1 Å². The molecular weight excluding hydrogens is 879 g/mol. The van der Waals surface area contributed by atoms with E-state index in [1.54, 1.807) is 30.3 Å². The van der Waals surface area contributed by atoms with E-state index in [0.717, 1.165) is 110 Å². The molecule has 2 atom stereocenters. The van der Waals surface area contributed by atoms with Crippen molar-refractivity contribution in [1.29, 1.82) is 0 Å². The van der Waals surface area contributed by atoms with Gasteiger partial charge in [0.15, 0.2) is 0 Å². The Morgan fingerprint density at radius 1 is 0.797 bits per heavy atom. The van der Waals surface area contributed by atoms with Gasteiger partial charge < -0.3 is 24.0 Å². The van der Waals surface area contributed by atoms with Gasteiger partial charge >= 0.3 is 0 Å². The molecule has 0 spiro atoms. The average Bonchev–Trinajstić information content (AvgIpc) is 3.70. The molecule has 4 heterocycles. The van der Waals surface area contributed by atoms with Crippen LogP contribution < -0.4 is 19.7 Å². The highest BCUT2D eigenvalue weighted by atomic mass is 16.6. The number of fused-ring (bicyclic) bond motifs is 2. The zero-order chi connectivity index (χ0) is 48.1. The number of hydrogen-bond donors (Lipinski definition) is 1. The van der Waals surface area contributed by atoms with Gasteiger partial charge in [-0.2, -0.15) is 0 Å². The molecule has 15 heteroatoms. The minimum atomic E-state index is -0.993. The summed E-state index contributed by atoms with van der Waals surface area (Å²) in [5, 5.41) is 13.2. The summed E-state index contributed by atoms with van der Waals surface area (Å²) in [5.74, 6) is -0.677. The molecule has 5 amide bonds. The SMILES string of the molecule is CC1(CCC/C=C/c2ccc([N+](=O)[O-])cc2)C(=O)N(Cc2ccc(O[C@H]3C[C@H](OC4CCN(CCCCCOc5ccc6c(c5)C(=O)N(C5CCC(=O)NC5=O)C6=O)CC4)C3)cc2)c2ccccc21. The van der Waals surface area contributed by atoms with Gasteiger partial charge in [-0.25, -0.2) is 0 Å². The number of ether oxygens (including phenoxy) is 3. The highest BCUT2D eigenvalue weighted by Gasteiger charge is 2.47.